The largest absolute Gasteiger partial charge is 0.380 e. The van der Waals surface area contributed by atoms with E-state index >= 15 is 0 Å². The van der Waals surface area contributed by atoms with Crippen molar-refractivity contribution >= 4 is 17.0 Å². The fourth-order valence-corrected chi connectivity index (χ4v) is 3.06. The summed E-state index contributed by atoms with van der Waals surface area (Å²) in [6, 6.07) is 13.3. The maximum Gasteiger partial charge on any atom is 0.0494 e. The third kappa shape index (κ3) is 3.86. The first-order chi connectivity index (χ1) is 9.36. The third-order valence-corrected chi connectivity index (χ3v) is 4.96. The Morgan fingerprint density at radius 3 is 2.15 bits per heavy atom. The molecule has 1 N–H and O–H groups in total. The van der Waals surface area contributed by atoms with Crippen molar-refractivity contribution in [2.24, 2.45) is 0 Å². The second-order valence-electron chi connectivity index (χ2n) is 6.65. The van der Waals surface area contributed by atoms with Gasteiger partial charge in [-0.05, 0) is 41.2 Å². The van der Waals surface area contributed by atoms with E-state index in [0.717, 1.165) is 6.54 Å². The lowest BCUT2D eigenvalue weighted by atomic mass is 9.95. The third-order valence-electron chi connectivity index (χ3n) is 3.44. The lowest BCUT2D eigenvalue weighted by molar-refractivity contribution is 0.604. The molecule has 0 aliphatic carbocycles. The second-order valence-corrected chi connectivity index (χ2v) is 7.81. The van der Waals surface area contributed by atoms with Gasteiger partial charge in [0.15, 0.2) is 0 Å². The molecule has 0 spiro atoms. The first-order valence-electron chi connectivity index (χ1n) is 7.29. The molecule has 2 aromatic rings. The maximum absolute atomic E-state index is 3.50. The van der Waals surface area contributed by atoms with Gasteiger partial charge in [-0.1, -0.05) is 46.8 Å². The van der Waals surface area contributed by atoms with Crippen molar-refractivity contribution < 1.29 is 0 Å². The molecule has 2 rings (SSSR count). The van der Waals surface area contributed by atoms with E-state index in [2.05, 4.69) is 76.3 Å². The summed E-state index contributed by atoms with van der Waals surface area (Å²) in [4.78, 5) is 2.84. The van der Waals surface area contributed by atoms with Crippen molar-refractivity contribution in [3.05, 3.63) is 51.7 Å². The summed E-state index contributed by atoms with van der Waals surface area (Å²) in [6.45, 7) is 12.1. The van der Waals surface area contributed by atoms with E-state index in [1.807, 2.05) is 11.3 Å². The minimum atomic E-state index is 0.252. The van der Waals surface area contributed by atoms with Gasteiger partial charge in [-0.15, -0.1) is 11.3 Å². The van der Waals surface area contributed by atoms with Gasteiger partial charge in [-0.2, -0.15) is 0 Å². The van der Waals surface area contributed by atoms with Crippen LogP contribution in [-0.4, -0.2) is 0 Å². The van der Waals surface area contributed by atoms with Crippen LogP contribution in [0.5, 0.6) is 0 Å². The van der Waals surface area contributed by atoms with Crippen molar-refractivity contribution in [2.75, 3.05) is 5.32 Å². The topological polar surface area (TPSA) is 12.0 Å². The van der Waals surface area contributed by atoms with E-state index in [9.17, 15) is 0 Å². The van der Waals surface area contributed by atoms with Crippen LogP contribution in [0.25, 0.3) is 0 Å². The number of benzene rings is 1. The van der Waals surface area contributed by atoms with E-state index in [-0.39, 0.29) is 5.41 Å². The quantitative estimate of drug-likeness (QED) is 0.751. The monoisotopic (exact) mass is 287 g/mol. The van der Waals surface area contributed by atoms with Crippen molar-refractivity contribution in [1.82, 2.24) is 0 Å². The number of thiophene rings is 1. The molecule has 1 aromatic heterocycles. The van der Waals surface area contributed by atoms with Crippen LogP contribution in [0.4, 0.5) is 5.69 Å². The van der Waals surface area contributed by atoms with Crippen LogP contribution >= 0.6 is 11.3 Å². The van der Waals surface area contributed by atoms with E-state index in [1.165, 1.54) is 21.0 Å². The predicted molar refractivity (Wildman–Crippen MR) is 90.9 cm³/mol. The van der Waals surface area contributed by atoms with Gasteiger partial charge >= 0.3 is 0 Å². The Morgan fingerprint density at radius 2 is 1.65 bits per heavy atom. The summed E-state index contributed by atoms with van der Waals surface area (Å²) < 4.78 is 0. The summed E-state index contributed by atoms with van der Waals surface area (Å²) in [5.74, 6) is 0.593. The zero-order valence-electron chi connectivity index (χ0n) is 13.2. The molecule has 0 saturated carbocycles. The van der Waals surface area contributed by atoms with Gasteiger partial charge in [0.25, 0.3) is 0 Å². The predicted octanol–water partition coefficient (Wildman–Crippen LogP) is 5.78. The van der Waals surface area contributed by atoms with Crippen molar-refractivity contribution in [1.29, 1.82) is 0 Å². The second kappa shape index (κ2) is 6.01. The molecule has 0 bridgehead atoms. The Bertz CT molecular complexity index is 544. The molecule has 0 aliphatic heterocycles. The first-order valence-corrected chi connectivity index (χ1v) is 8.11. The van der Waals surface area contributed by atoms with E-state index in [4.69, 9.17) is 0 Å². The Hall–Kier alpha value is -1.28. The normalized spacial score (nSPS) is 11.9. The summed E-state index contributed by atoms with van der Waals surface area (Å²) in [5.41, 5.74) is 2.84. The Kier molecular flexibility index (Phi) is 4.54. The van der Waals surface area contributed by atoms with Crippen LogP contribution in [0.3, 0.4) is 0 Å². The van der Waals surface area contributed by atoms with Gasteiger partial charge in [-0.25, -0.2) is 0 Å². The molecule has 108 valence electrons. The number of rotatable bonds is 4. The van der Waals surface area contributed by atoms with Crippen molar-refractivity contribution in [3.63, 3.8) is 0 Å². The van der Waals surface area contributed by atoms with Crippen LogP contribution in [0, 0.1) is 0 Å². The highest BCUT2D eigenvalue weighted by atomic mass is 32.1. The lowest BCUT2D eigenvalue weighted by Crippen LogP contribution is -2.07. The summed E-state index contributed by atoms with van der Waals surface area (Å²) in [7, 11) is 0. The summed E-state index contributed by atoms with van der Waals surface area (Å²) in [5, 5.41) is 3.50. The highest BCUT2D eigenvalue weighted by Gasteiger charge is 2.15. The molecule has 0 aliphatic rings. The highest BCUT2D eigenvalue weighted by Crippen LogP contribution is 2.29. The summed E-state index contributed by atoms with van der Waals surface area (Å²) in [6.07, 6.45) is 0. The molecule has 1 nitrogen and oxygen atoms in total. The van der Waals surface area contributed by atoms with Gasteiger partial charge in [0.05, 0.1) is 0 Å². The summed E-state index contributed by atoms with van der Waals surface area (Å²) >= 11 is 1.90. The molecular formula is C18H25NS. The van der Waals surface area contributed by atoms with Crippen LogP contribution in [0.1, 0.15) is 55.9 Å². The fourth-order valence-electron chi connectivity index (χ4n) is 2.05. The van der Waals surface area contributed by atoms with E-state index in [0.29, 0.717) is 5.92 Å². The average molecular weight is 287 g/mol. The minimum absolute atomic E-state index is 0.252. The molecule has 0 fully saturated rings. The van der Waals surface area contributed by atoms with E-state index < -0.39 is 0 Å². The molecule has 0 amide bonds. The maximum atomic E-state index is 3.50. The average Bonchev–Trinajstić information content (AvgIpc) is 2.85. The van der Waals surface area contributed by atoms with Crippen molar-refractivity contribution in [2.45, 2.75) is 52.5 Å². The molecule has 0 saturated heterocycles. The molecule has 0 unspecified atom stereocenters. The van der Waals surface area contributed by atoms with Crippen LogP contribution in [0.2, 0.25) is 0 Å². The first kappa shape index (κ1) is 15.1. The molecule has 2 heteroatoms. The molecule has 1 aromatic carbocycles. The van der Waals surface area contributed by atoms with Crippen LogP contribution < -0.4 is 5.32 Å². The number of hydrogen-bond acceptors (Lipinski definition) is 2. The smallest absolute Gasteiger partial charge is 0.0494 e. The standard InChI is InChI=1S/C18H25NS/c1-13(2)14-6-8-15(9-7-14)19-12-16-10-11-17(20-16)18(3,4)5/h6-11,13,19H,12H2,1-5H3. The van der Waals surface area contributed by atoms with Gasteiger partial charge in [0.1, 0.15) is 0 Å². The van der Waals surface area contributed by atoms with Gasteiger partial charge in [0.2, 0.25) is 0 Å². The van der Waals surface area contributed by atoms with Crippen molar-refractivity contribution in [3.8, 4) is 0 Å². The SMILES string of the molecule is CC(C)c1ccc(NCc2ccc(C(C)(C)C)s2)cc1. The molecule has 20 heavy (non-hydrogen) atoms. The van der Waals surface area contributed by atoms with Gasteiger partial charge in [0, 0.05) is 22.0 Å². The fraction of sp³-hybridized carbons (Fsp3) is 0.444. The number of anilines is 1. The number of hydrogen-bond donors (Lipinski definition) is 1. The molecule has 0 atom stereocenters. The molecule has 1 heterocycles. The van der Waals surface area contributed by atoms with E-state index in [1.54, 1.807) is 0 Å². The minimum Gasteiger partial charge on any atom is -0.380 e. The zero-order valence-corrected chi connectivity index (χ0v) is 14.0. The molecular weight excluding hydrogens is 262 g/mol. The van der Waals surface area contributed by atoms with Crippen LogP contribution in [0.15, 0.2) is 36.4 Å². The Labute approximate surface area is 127 Å². The van der Waals surface area contributed by atoms with Gasteiger partial charge < -0.3 is 5.32 Å². The highest BCUT2D eigenvalue weighted by molar-refractivity contribution is 7.12. The zero-order chi connectivity index (χ0) is 14.8. The Balaban J connectivity index is 1.96. The Morgan fingerprint density at radius 1 is 1.00 bits per heavy atom. The van der Waals surface area contributed by atoms with Crippen LogP contribution in [-0.2, 0) is 12.0 Å². The number of nitrogens with one attached hydrogen (secondary N) is 1. The molecule has 0 radical (unpaired) electrons. The van der Waals surface area contributed by atoms with Gasteiger partial charge in [-0.3, -0.25) is 0 Å². The lowest BCUT2D eigenvalue weighted by Gasteiger charge is -2.15.